The predicted octanol–water partition coefficient (Wildman–Crippen LogP) is 6.38. The summed E-state index contributed by atoms with van der Waals surface area (Å²) in [5.41, 5.74) is 2.12. The van der Waals surface area contributed by atoms with Crippen LogP contribution in [0.5, 0.6) is 0 Å². The number of carbonyl (C=O) groups excluding carboxylic acids is 2. The molecular formula is C28H28N2O4S. The number of carboxylic acids is 1. The zero-order chi connectivity index (χ0) is 24.6. The smallest absolute Gasteiger partial charge is 0.335 e. The average Bonchev–Trinajstić information content (AvgIpc) is 2.89. The molecular weight excluding hydrogens is 460 g/mol. The van der Waals surface area contributed by atoms with Gasteiger partial charge < -0.3 is 15.7 Å². The van der Waals surface area contributed by atoms with Gasteiger partial charge in [0.15, 0.2) is 0 Å². The first-order chi connectivity index (χ1) is 17.0. The van der Waals surface area contributed by atoms with Crippen LogP contribution in [-0.2, 0) is 9.59 Å². The number of carbonyl (C=O) groups is 3. The van der Waals surface area contributed by atoms with E-state index in [1.807, 2.05) is 54.6 Å². The third-order valence-corrected chi connectivity index (χ3v) is 7.34. The monoisotopic (exact) mass is 488 g/mol. The maximum Gasteiger partial charge on any atom is 0.335 e. The number of anilines is 2. The second-order valence-corrected chi connectivity index (χ2v) is 9.81. The van der Waals surface area contributed by atoms with E-state index in [0.717, 1.165) is 41.8 Å². The van der Waals surface area contributed by atoms with Crippen molar-refractivity contribution >= 4 is 40.9 Å². The van der Waals surface area contributed by atoms with E-state index in [9.17, 15) is 19.5 Å². The maximum absolute atomic E-state index is 13.2. The number of rotatable bonds is 8. The Balaban J connectivity index is 1.46. The lowest BCUT2D eigenvalue weighted by atomic mass is 9.88. The van der Waals surface area contributed by atoms with E-state index in [1.54, 1.807) is 12.1 Å². The van der Waals surface area contributed by atoms with Crippen molar-refractivity contribution in [3.05, 3.63) is 90.0 Å². The number of benzene rings is 3. The molecule has 3 aromatic rings. The Kier molecular flexibility index (Phi) is 8.21. The van der Waals surface area contributed by atoms with Crippen molar-refractivity contribution in [2.24, 2.45) is 5.92 Å². The summed E-state index contributed by atoms with van der Waals surface area (Å²) in [4.78, 5) is 37.9. The molecule has 0 aliphatic heterocycles. The molecule has 2 amide bonds. The van der Waals surface area contributed by atoms with E-state index in [2.05, 4.69) is 10.6 Å². The molecule has 1 aliphatic rings. The molecule has 0 saturated heterocycles. The van der Waals surface area contributed by atoms with Crippen LogP contribution in [0.25, 0.3) is 0 Å². The van der Waals surface area contributed by atoms with Gasteiger partial charge in [0.25, 0.3) is 0 Å². The summed E-state index contributed by atoms with van der Waals surface area (Å²) in [7, 11) is 0. The van der Waals surface area contributed by atoms with E-state index in [1.165, 1.54) is 30.3 Å². The molecule has 6 nitrogen and oxygen atoms in total. The molecule has 7 heteroatoms. The highest BCUT2D eigenvalue weighted by molar-refractivity contribution is 8.00. The van der Waals surface area contributed by atoms with Gasteiger partial charge >= 0.3 is 5.97 Å². The van der Waals surface area contributed by atoms with Crippen LogP contribution in [0.3, 0.4) is 0 Å². The van der Waals surface area contributed by atoms with Gasteiger partial charge in [-0.25, -0.2) is 4.79 Å². The first-order valence-corrected chi connectivity index (χ1v) is 12.6. The molecule has 4 rings (SSSR count). The number of hydrogen-bond donors (Lipinski definition) is 3. The summed E-state index contributed by atoms with van der Waals surface area (Å²) >= 11 is 1.39. The topological polar surface area (TPSA) is 95.5 Å². The van der Waals surface area contributed by atoms with Gasteiger partial charge in [0, 0.05) is 22.2 Å². The molecule has 0 spiro atoms. The largest absolute Gasteiger partial charge is 0.478 e. The Labute approximate surface area is 209 Å². The highest BCUT2D eigenvalue weighted by Gasteiger charge is 2.23. The molecule has 1 unspecified atom stereocenters. The number of hydrogen-bond acceptors (Lipinski definition) is 4. The standard InChI is InChI=1S/C28H28N2O4S/c31-26(20-10-5-2-6-11-20)29-22-14-16-24(17-15-22)35-25(19-8-3-1-4-9-19)27(32)30-23-13-7-12-21(18-23)28(33)34/h1,3-4,7-9,12-18,20,25H,2,5-6,10-11H2,(H,29,31)(H,30,32)(H,33,34). The minimum atomic E-state index is -1.05. The number of thioether (sulfide) groups is 1. The quantitative estimate of drug-likeness (QED) is 0.320. The van der Waals surface area contributed by atoms with Crippen molar-refractivity contribution in [2.45, 2.75) is 42.2 Å². The normalized spacial score (nSPS) is 14.6. The van der Waals surface area contributed by atoms with Crippen LogP contribution >= 0.6 is 11.8 Å². The lowest BCUT2D eigenvalue weighted by molar-refractivity contribution is -0.120. The number of amides is 2. The van der Waals surface area contributed by atoms with Crippen molar-refractivity contribution in [1.82, 2.24) is 0 Å². The zero-order valence-corrected chi connectivity index (χ0v) is 20.1. The molecule has 0 aromatic heterocycles. The summed E-state index contributed by atoms with van der Waals surface area (Å²) < 4.78 is 0. The van der Waals surface area contributed by atoms with Gasteiger partial charge in [-0.1, -0.05) is 55.7 Å². The number of aromatic carboxylic acids is 1. The van der Waals surface area contributed by atoms with Gasteiger partial charge in [-0.05, 0) is 60.9 Å². The zero-order valence-electron chi connectivity index (χ0n) is 19.3. The minimum Gasteiger partial charge on any atom is -0.478 e. The third-order valence-electron chi connectivity index (χ3n) is 6.07. The lowest BCUT2D eigenvalue weighted by Gasteiger charge is -2.21. The van der Waals surface area contributed by atoms with Crippen LogP contribution in [0.4, 0.5) is 11.4 Å². The van der Waals surface area contributed by atoms with Crippen LogP contribution in [0.2, 0.25) is 0 Å². The van der Waals surface area contributed by atoms with E-state index in [4.69, 9.17) is 0 Å². The molecule has 0 radical (unpaired) electrons. The van der Waals surface area contributed by atoms with Gasteiger partial charge in [0.2, 0.25) is 11.8 Å². The second-order valence-electron chi connectivity index (χ2n) is 8.63. The Morgan fingerprint density at radius 3 is 2.20 bits per heavy atom. The summed E-state index contributed by atoms with van der Waals surface area (Å²) in [5, 5.41) is 14.6. The SMILES string of the molecule is O=C(O)c1cccc(NC(=O)C(Sc2ccc(NC(=O)C3CCCCC3)cc2)c2ccccc2)c1. The van der Waals surface area contributed by atoms with Gasteiger partial charge in [0.05, 0.1) is 5.56 Å². The van der Waals surface area contributed by atoms with Gasteiger partial charge in [-0.15, -0.1) is 11.8 Å². The number of carboxylic acid groups (broad SMARTS) is 1. The average molecular weight is 489 g/mol. The van der Waals surface area contributed by atoms with Crippen molar-refractivity contribution in [2.75, 3.05) is 10.6 Å². The van der Waals surface area contributed by atoms with Crippen LogP contribution in [-0.4, -0.2) is 22.9 Å². The minimum absolute atomic E-state index is 0.0789. The van der Waals surface area contributed by atoms with Crippen LogP contribution in [0.1, 0.15) is 53.3 Å². The van der Waals surface area contributed by atoms with Crippen molar-refractivity contribution < 1.29 is 19.5 Å². The lowest BCUT2D eigenvalue weighted by Crippen LogP contribution is -2.24. The first kappa shape index (κ1) is 24.5. The Bertz CT molecular complexity index is 1180. The van der Waals surface area contributed by atoms with Gasteiger partial charge in [0.1, 0.15) is 5.25 Å². The molecule has 0 heterocycles. The molecule has 1 saturated carbocycles. The Morgan fingerprint density at radius 1 is 0.800 bits per heavy atom. The van der Waals surface area contributed by atoms with Crippen LogP contribution in [0.15, 0.2) is 83.8 Å². The Hall–Kier alpha value is -3.58. The molecule has 1 atom stereocenters. The van der Waals surface area contributed by atoms with Crippen LogP contribution in [0, 0.1) is 5.92 Å². The maximum atomic E-state index is 13.2. The summed E-state index contributed by atoms with van der Waals surface area (Å²) in [6.45, 7) is 0. The predicted molar refractivity (Wildman–Crippen MR) is 139 cm³/mol. The van der Waals surface area contributed by atoms with Crippen molar-refractivity contribution in [3.63, 3.8) is 0 Å². The Morgan fingerprint density at radius 2 is 1.51 bits per heavy atom. The summed E-state index contributed by atoms with van der Waals surface area (Å²) in [5.74, 6) is -1.14. The fraction of sp³-hybridized carbons (Fsp3) is 0.250. The van der Waals surface area contributed by atoms with Crippen molar-refractivity contribution in [3.8, 4) is 0 Å². The van der Waals surface area contributed by atoms with Gasteiger partial charge in [-0.3, -0.25) is 9.59 Å². The molecule has 3 N–H and O–H groups in total. The highest BCUT2D eigenvalue weighted by atomic mass is 32.2. The molecule has 1 aliphatic carbocycles. The molecule has 35 heavy (non-hydrogen) atoms. The third kappa shape index (κ3) is 6.73. The number of nitrogens with one attached hydrogen (secondary N) is 2. The van der Waals surface area contributed by atoms with Crippen LogP contribution < -0.4 is 10.6 Å². The molecule has 180 valence electrons. The molecule has 3 aromatic carbocycles. The van der Waals surface area contributed by atoms with Gasteiger partial charge in [-0.2, -0.15) is 0 Å². The summed E-state index contributed by atoms with van der Waals surface area (Å²) in [6.07, 6.45) is 5.32. The van der Waals surface area contributed by atoms with Crippen molar-refractivity contribution in [1.29, 1.82) is 0 Å². The fourth-order valence-corrected chi connectivity index (χ4v) is 5.23. The van der Waals surface area contributed by atoms with E-state index >= 15 is 0 Å². The van der Waals surface area contributed by atoms with E-state index in [0.29, 0.717) is 5.69 Å². The fourth-order valence-electron chi connectivity index (χ4n) is 4.20. The first-order valence-electron chi connectivity index (χ1n) is 11.8. The highest BCUT2D eigenvalue weighted by Crippen LogP contribution is 2.37. The molecule has 0 bridgehead atoms. The molecule has 1 fully saturated rings. The van der Waals surface area contributed by atoms with E-state index in [-0.39, 0.29) is 23.3 Å². The summed E-state index contributed by atoms with van der Waals surface area (Å²) in [6, 6.07) is 23.1. The van der Waals surface area contributed by atoms with E-state index < -0.39 is 11.2 Å². The second kappa shape index (κ2) is 11.7.